The maximum absolute atomic E-state index is 12.9. The summed E-state index contributed by atoms with van der Waals surface area (Å²) in [5.74, 6) is 0.188. The minimum absolute atomic E-state index is 0.0363. The fourth-order valence-electron chi connectivity index (χ4n) is 2.74. The number of hydrogen-bond donors (Lipinski definition) is 0. The van der Waals surface area contributed by atoms with Crippen LogP contribution in [0.2, 0.25) is 0 Å². The zero-order valence-electron chi connectivity index (χ0n) is 12.9. The number of hydrogen-bond acceptors (Lipinski definition) is 5. The number of ether oxygens (including phenoxy) is 1. The molecule has 0 bridgehead atoms. The number of rotatable bonds is 5. The van der Waals surface area contributed by atoms with Crippen molar-refractivity contribution in [1.29, 1.82) is 0 Å². The lowest BCUT2D eigenvalue weighted by molar-refractivity contribution is 0.349. The van der Waals surface area contributed by atoms with Crippen LogP contribution in [0.4, 0.5) is 0 Å². The normalized spacial score (nSPS) is 21.2. The van der Waals surface area contributed by atoms with E-state index in [1.165, 1.54) is 11.4 Å². The van der Waals surface area contributed by atoms with E-state index in [9.17, 15) is 16.8 Å². The highest BCUT2D eigenvalue weighted by molar-refractivity contribution is 7.92. The first-order chi connectivity index (χ1) is 10.2. The molecule has 0 spiro atoms. The van der Waals surface area contributed by atoms with E-state index in [0.717, 1.165) is 5.56 Å². The van der Waals surface area contributed by atoms with E-state index in [1.807, 2.05) is 0 Å². The number of benzene rings is 1. The average molecular weight is 347 g/mol. The Balaban J connectivity index is 2.46. The van der Waals surface area contributed by atoms with Crippen LogP contribution in [0.5, 0.6) is 5.75 Å². The van der Waals surface area contributed by atoms with Crippen LogP contribution in [0.25, 0.3) is 0 Å². The van der Waals surface area contributed by atoms with Gasteiger partial charge in [0, 0.05) is 12.6 Å². The number of methoxy groups -OCH3 is 1. The van der Waals surface area contributed by atoms with Crippen molar-refractivity contribution in [1.82, 2.24) is 4.31 Å². The lowest BCUT2D eigenvalue weighted by Gasteiger charge is -2.26. The van der Waals surface area contributed by atoms with Gasteiger partial charge in [-0.05, 0) is 31.0 Å². The van der Waals surface area contributed by atoms with Crippen LogP contribution < -0.4 is 4.74 Å². The average Bonchev–Trinajstić information content (AvgIpc) is 2.79. The van der Waals surface area contributed by atoms with Crippen LogP contribution in [0.3, 0.4) is 0 Å². The molecule has 0 aromatic heterocycles. The second-order valence-electron chi connectivity index (χ2n) is 5.42. The molecule has 1 saturated heterocycles. The Morgan fingerprint density at radius 3 is 2.55 bits per heavy atom. The zero-order chi connectivity index (χ0) is 16.5. The summed E-state index contributed by atoms with van der Waals surface area (Å²) >= 11 is 0. The third kappa shape index (κ3) is 3.28. The summed E-state index contributed by atoms with van der Waals surface area (Å²) in [5.41, 5.74) is 0.800. The quantitative estimate of drug-likeness (QED) is 0.799. The Hall–Kier alpha value is -1.12. The van der Waals surface area contributed by atoms with Gasteiger partial charge in [0.05, 0.1) is 18.6 Å². The minimum Gasteiger partial charge on any atom is -0.495 e. The van der Waals surface area contributed by atoms with Crippen molar-refractivity contribution in [2.75, 3.05) is 25.2 Å². The molecule has 1 aliphatic rings. The van der Waals surface area contributed by atoms with Crippen LogP contribution in [0, 0.1) is 6.92 Å². The Morgan fingerprint density at radius 2 is 2.05 bits per heavy atom. The molecule has 1 aromatic carbocycles. The molecule has 1 aromatic rings. The molecule has 0 radical (unpaired) electrons. The van der Waals surface area contributed by atoms with Crippen LogP contribution in [-0.2, 0) is 19.9 Å². The third-order valence-corrected chi connectivity index (χ3v) is 7.63. The van der Waals surface area contributed by atoms with Gasteiger partial charge in [0.1, 0.15) is 10.6 Å². The molecular formula is C14H21NO5S2. The molecule has 124 valence electrons. The molecule has 0 amide bonds. The third-order valence-electron chi connectivity index (χ3n) is 3.83. The molecule has 0 saturated carbocycles. The van der Waals surface area contributed by atoms with Crippen LogP contribution in [0.15, 0.2) is 23.1 Å². The topological polar surface area (TPSA) is 80.8 Å². The molecule has 1 fully saturated rings. The van der Waals surface area contributed by atoms with Gasteiger partial charge < -0.3 is 4.74 Å². The van der Waals surface area contributed by atoms with Crippen molar-refractivity contribution >= 4 is 19.9 Å². The van der Waals surface area contributed by atoms with E-state index >= 15 is 0 Å². The molecule has 1 atom stereocenters. The van der Waals surface area contributed by atoms with Crippen LogP contribution >= 0.6 is 0 Å². The van der Waals surface area contributed by atoms with Crippen molar-refractivity contribution in [3.63, 3.8) is 0 Å². The van der Waals surface area contributed by atoms with Crippen molar-refractivity contribution in [3.05, 3.63) is 23.8 Å². The molecule has 2 rings (SSSR count). The fourth-order valence-corrected chi connectivity index (χ4v) is 6.47. The van der Waals surface area contributed by atoms with Gasteiger partial charge in [-0.1, -0.05) is 13.0 Å². The second kappa shape index (κ2) is 6.17. The van der Waals surface area contributed by atoms with Crippen molar-refractivity contribution in [3.8, 4) is 5.75 Å². The van der Waals surface area contributed by atoms with Crippen LogP contribution in [-0.4, -0.2) is 52.3 Å². The van der Waals surface area contributed by atoms with Crippen molar-refractivity contribution in [2.24, 2.45) is 0 Å². The number of sulfonamides is 1. The number of nitrogens with zero attached hydrogens (tertiary/aromatic N) is 1. The first-order valence-corrected chi connectivity index (χ1v) is 10.3. The highest BCUT2D eigenvalue weighted by atomic mass is 32.2. The van der Waals surface area contributed by atoms with E-state index in [-0.39, 0.29) is 28.7 Å². The molecular weight excluding hydrogens is 326 g/mol. The standard InChI is InChI=1S/C14H21NO5S2/c1-4-15(12-7-8-21(16,17)10-12)22(18,19)14-9-11(2)5-6-13(14)20-3/h5-6,9,12H,4,7-8,10H2,1-3H3/t12-/m1/s1. The Labute approximate surface area is 132 Å². The van der Waals surface area contributed by atoms with E-state index < -0.39 is 25.9 Å². The molecule has 0 N–H and O–H groups in total. The van der Waals surface area contributed by atoms with Gasteiger partial charge >= 0.3 is 0 Å². The molecule has 6 nitrogen and oxygen atoms in total. The second-order valence-corrected chi connectivity index (χ2v) is 9.51. The van der Waals surface area contributed by atoms with E-state index in [2.05, 4.69) is 0 Å². The van der Waals surface area contributed by atoms with Crippen molar-refractivity contribution in [2.45, 2.75) is 31.2 Å². The van der Waals surface area contributed by atoms with Gasteiger partial charge in [0.25, 0.3) is 0 Å². The predicted molar refractivity (Wildman–Crippen MR) is 84.4 cm³/mol. The Kier molecular flexibility index (Phi) is 4.84. The molecule has 1 aliphatic heterocycles. The fraction of sp³-hybridized carbons (Fsp3) is 0.571. The van der Waals surface area contributed by atoms with E-state index in [0.29, 0.717) is 6.42 Å². The monoisotopic (exact) mass is 347 g/mol. The van der Waals surface area contributed by atoms with Gasteiger partial charge in [-0.15, -0.1) is 0 Å². The SMILES string of the molecule is CCN([C@@H]1CCS(=O)(=O)C1)S(=O)(=O)c1cc(C)ccc1OC. The van der Waals surface area contributed by atoms with Gasteiger partial charge in [0.2, 0.25) is 10.0 Å². The molecule has 1 heterocycles. The summed E-state index contributed by atoms with van der Waals surface area (Å²) < 4.78 is 55.6. The van der Waals surface area contributed by atoms with Crippen molar-refractivity contribution < 1.29 is 21.6 Å². The smallest absolute Gasteiger partial charge is 0.247 e. The summed E-state index contributed by atoms with van der Waals surface area (Å²) in [5, 5.41) is 0. The zero-order valence-corrected chi connectivity index (χ0v) is 14.6. The molecule has 0 aliphatic carbocycles. The van der Waals surface area contributed by atoms with Gasteiger partial charge in [-0.25, -0.2) is 16.8 Å². The van der Waals surface area contributed by atoms with Gasteiger partial charge in [-0.3, -0.25) is 0 Å². The molecule has 8 heteroatoms. The summed E-state index contributed by atoms with van der Waals surface area (Å²) in [7, 11) is -5.54. The van der Waals surface area contributed by atoms with Gasteiger partial charge in [0.15, 0.2) is 9.84 Å². The lowest BCUT2D eigenvalue weighted by Crippen LogP contribution is -2.41. The largest absolute Gasteiger partial charge is 0.495 e. The first-order valence-electron chi connectivity index (χ1n) is 7.08. The summed E-state index contributed by atoms with van der Waals surface area (Å²) in [6.07, 6.45) is 0.337. The Bertz CT molecular complexity index is 755. The maximum atomic E-state index is 12.9. The summed E-state index contributed by atoms with van der Waals surface area (Å²) in [6, 6.07) is 4.43. The number of aryl methyl sites for hydroxylation is 1. The first kappa shape index (κ1) is 17.2. The predicted octanol–water partition coefficient (Wildman–Crippen LogP) is 1.20. The Morgan fingerprint density at radius 1 is 1.36 bits per heavy atom. The van der Waals surface area contributed by atoms with Crippen LogP contribution in [0.1, 0.15) is 18.9 Å². The minimum atomic E-state index is -3.81. The van der Waals surface area contributed by atoms with Gasteiger partial charge in [-0.2, -0.15) is 4.31 Å². The lowest BCUT2D eigenvalue weighted by atomic mass is 10.2. The summed E-state index contributed by atoms with van der Waals surface area (Å²) in [4.78, 5) is 0.0844. The highest BCUT2D eigenvalue weighted by Gasteiger charge is 2.38. The number of sulfone groups is 1. The van der Waals surface area contributed by atoms with E-state index in [1.54, 1.807) is 32.0 Å². The van der Waals surface area contributed by atoms with E-state index in [4.69, 9.17) is 4.74 Å². The molecule has 0 unspecified atom stereocenters. The maximum Gasteiger partial charge on any atom is 0.247 e. The summed E-state index contributed by atoms with van der Waals surface area (Å²) in [6.45, 7) is 3.74. The highest BCUT2D eigenvalue weighted by Crippen LogP contribution is 2.31. The molecule has 22 heavy (non-hydrogen) atoms.